The minimum absolute atomic E-state index is 0.0940. The molecule has 1 aromatic heterocycles. The third kappa shape index (κ3) is 3.93. The van der Waals surface area contributed by atoms with Crippen LogP contribution in [0.25, 0.3) is 0 Å². The van der Waals surface area contributed by atoms with Crippen molar-refractivity contribution in [3.05, 3.63) is 28.2 Å². The van der Waals surface area contributed by atoms with Gasteiger partial charge in [0, 0.05) is 46.2 Å². The van der Waals surface area contributed by atoms with Crippen LogP contribution in [0.4, 0.5) is 0 Å². The summed E-state index contributed by atoms with van der Waals surface area (Å²) in [5, 5.41) is 8.48. The van der Waals surface area contributed by atoms with E-state index in [1.165, 1.54) is 31.0 Å². The lowest BCUT2D eigenvalue weighted by molar-refractivity contribution is -0.130. The van der Waals surface area contributed by atoms with Crippen molar-refractivity contribution in [2.45, 2.75) is 6.92 Å². The number of nitrogens with one attached hydrogen (secondary N) is 2. The molecule has 1 aliphatic heterocycles. The predicted molar refractivity (Wildman–Crippen MR) is 80.6 cm³/mol. The normalized spacial score (nSPS) is 18.3. The molecule has 124 valence electrons. The van der Waals surface area contributed by atoms with Crippen molar-refractivity contribution in [2.75, 3.05) is 33.2 Å². The minimum atomic E-state index is -0.516. The quantitative estimate of drug-likeness (QED) is 0.683. The molecular formula is C14H19N5O4. The van der Waals surface area contributed by atoms with Crippen molar-refractivity contribution in [2.24, 2.45) is 5.92 Å². The Labute approximate surface area is 132 Å². The van der Waals surface area contributed by atoms with E-state index in [2.05, 4.69) is 15.5 Å². The van der Waals surface area contributed by atoms with Crippen LogP contribution in [-0.2, 0) is 9.59 Å². The van der Waals surface area contributed by atoms with Gasteiger partial charge in [-0.15, -0.1) is 0 Å². The molecule has 2 N–H and O–H groups in total. The lowest BCUT2D eigenvalue weighted by Crippen LogP contribution is -2.42. The van der Waals surface area contributed by atoms with Gasteiger partial charge in [0.05, 0.1) is 5.92 Å². The van der Waals surface area contributed by atoms with Gasteiger partial charge in [0.25, 0.3) is 11.5 Å². The van der Waals surface area contributed by atoms with Gasteiger partial charge in [-0.1, -0.05) is 0 Å². The number of hydrogen-bond acceptors (Lipinski definition) is 5. The fraction of sp³-hybridized carbons (Fsp3) is 0.500. The monoisotopic (exact) mass is 321 g/mol. The van der Waals surface area contributed by atoms with Crippen LogP contribution in [0.2, 0.25) is 0 Å². The van der Waals surface area contributed by atoms with E-state index in [1.807, 2.05) is 0 Å². The summed E-state index contributed by atoms with van der Waals surface area (Å²) < 4.78 is 0. The molecule has 0 radical (unpaired) electrons. The highest BCUT2D eigenvalue weighted by Gasteiger charge is 2.31. The van der Waals surface area contributed by atoms with E-state index in [1.54, 1.807) is 4.90 Å². The number of aromatic nitrogens is 2. The lowest BCUT2D eigenvalue weighted by atomic mass is 10.1. The first-order valence-electron chi connectivity index (χ1n) is 7.24. The van der Waals surface area contributed by atoms with Crippen molar-refractivity contribution in [3.8, 4) is 0 Å². The molecule has 2 heterocycles. The standard InChI is InChI=1S/C14H19N5O4/c1-9(20)18-5-6-19(8-10(7-18)13(22)15-2)14(23)11-3-4-12(21)17-16-11/h3-4,10H,5-8H2,1-2H3,(H,15,22)(H,17,21)/t10-/m1/s1. The highest BCUT2D eigenvalue weighted by Crippen LogP contribution is 2.12. The van der Waals surface area contributed by atoms with Crippen LogP contribution in [-0.4, -0.2) is 70.9 Å². The summed E-state index contributed by atoms with van der Waals surface area (Å²) in [7, 11) is 1.51. The first-order chi connectivity index (χ1) is 10.9. The van der Waals surface area contributed by atoms with Crippen LogP contribution in [0, 0.1) is 5.92 Å². The van der Waals surface area contributed by atoms with Crippen LogP contribution < -0.4 is 10.9 Å². The van der Waals surface area contributed by atoms with E-state index in [0.717, 1.165) is 0 Å². The highest BCUT2D eigenvalue weighted by atomic mass is 16.2. The average Bonchev–Trinajstić information content (AvgIpc) is 2.77. The molecule has 1 fully saturated rings. The largest absolute Gasteiger partial charge is 0.359 e. The summed E-state index contributed by atoms with van der Waals surface area (Å²) in [6.45, 7) is 2.52. The molecule has 1 aromatic rings. The van der Waals surface area contributed by atoms with Crippen LogP contribution in [0.3, 0.4) is 0 Å². The smallest absolute Gasteiger partial charge is 0.274 e. The Bertz CT molecular complexity index is 651. The van der Waals surface area contributed by atoms with E-state index in [0.29, 0.717) is 13.1 Å². The molecule has 0 spiro atoms. The fourth-order valence-corrected chi connectivity index (χ4v) is 2.48. The maximum atomic E-state index is 12.5. The molecule has 3 amide bonds. The van der Waals surface area contributed by atoms with Crippen LogP contribution in [0.15, 0.2) is 16.9 Å². The van der Waals surface area contributed by atoms with Crippen molar-refractivity contribution in [3.63, 3.8) is 0 Å². The number of nitrogens with zero attached hydrogens (tertiary/aromatic N) is 3. The van der Waals surface area contributed by atoms with Crippen LogP contribution >= 0.6 is 0 Å². The number of hydrogen-bond donors (Lipinski definition) is 2. The van der Waals surface area contributed by atoms with E-state index in [4.69, 9.17) is 0 Å². The Morgan fingerprint density at radius 1 is 1.22 bits per heavy atom. The zero-order chi connectivity index (χ0) is 17.0. The number of carbonyl (C=O) groups is 3. The Balaban J connectivity index is 2.22. The second kappa shape index (κ2) is 7.03. The van der Waals surface area contributed by atoms with Crippen LogP contribution in [0.5, 0.6) is 0 Å². The molecule has 1 aliphatic rings. The molecule has 1 saturated heterocycles. The highest BCUT2D eigenvalue weighted by molar-refractivity contribution is 5.92. The van der Waals surface area contributed by atoms with Gasteiger partial charge >= 0.3 is 0 Å². The van der Waals surface area contributed by atoms with Crippen molar-refractivity contribution in [1.82, 2.24) is 25.3 Å². The summed E-state index contributed by atoms with van der Waals surface area (Å²) >= 11 is 0. The van der Waals surface area contributed by atoms with Crippen molar-refractivity contribution in [1.29, 1.82) is 0 Å². The second-order valence-electron chi connectivity index (χ2n) is 5.33. The Morgan fingerprint density at radius 2 is 1.87 bits per heavy atom. The molecule has 23 heavy (non-hydrogen) atoms. The van der Waals surface area contributed by atoms with Gasteiger partial charge in [0.15, 0.2) is 0 Å². The first-order valence-corrected chi connectivity index (χ1v) is 7.24. The SMILES string of the molecule is CNC(=O)[C@@H]1CN(C(C)=O)CCN(C(=O)c2ccc(=O)[nH]n2)C1. The number of aromatic amines is 1. The van der Waals surface area contributed by atoms with E-state index in [9.17, 15) is 19.2 Å². The molecule has 0 aromatic carbocycles. The van der Waals surface area contributed by atoms with Crippen LogP contribution in [0.1, 0.15) is 17.4 Å². The molecule has 1 atom stereocenters. The Kier molecular flexibility index (Phi) is 5.09. The third-order valence-electron chi connectivity index (χ3n) is 3.77. The van der Waals surface area contributed by atoms with Gasteiger partial charge < -0.3 is 15.1 Å². The number of amides is 3. The summed E-state index contributed by atoms with van der Waals surface area (Å²) in [5.41, 5.74) is -0.306. The first kappa shape index (κ1) is 16.7. The number of rotatable bonds is 2. The van der Waals surface area contributed by atoms with E-state index in [-0.39, 0.29) is 36.5 Å². The maximum absolute atomic E-state index is 12.5. The third-order valence-corrected chi connectivity index (χ3v) is 3.77. The molecule has 0 unspecified atom stereocenters. The predicted octanol–water partition coefficient (Wildman–Crippen LogP) is -1.56. The van der Waals surface area contributed by atoms with E-state index >= 15 is 0 Å². The summed E-state index contributed by atoms with van der Waals surface area (Å²) in [4.78, 5) is 50.2. The summed E-state index contributed by atoms with van der Waals surface area (Å²) in [6, 6.07) is 2.56. The second-order valence-corrected chi connectivity index (χ2v) is 5.33. The topological polar surface area (TPSA) is 115 Å². The number of carbonyl (C=O) groups excluding carboxylic acids is 3. The van der Waals surface area contributed by atoms with Gasteiger partial charge in [0.1, 0.15) is 5.69 Å². The minimum Gasteiger partial charge on any atom is -0.359 e. The average molecular weight is 321 g/mol. The summed E-state index contributed by atoms with van der Waals surface area (Å²) in [6.07, 6.45) is 0. The lowest BCUT2D eigenvalue weighted by Gasteiger charge is -2.22. The number of H-pyrrole nitrogens is 1. The van der Waals surface area contributed by atoms with Gasteiger partial charge in [-0.25, -0.2) is 5.10 Å². The molecule has 0 saturated carbocycles. The van der Waals surface area contributed by atoms with Gasteiger partial charge in [0.2, 0.25) is 11.8 Å². The van der Waals surface area contributed by atoms with Gasteiger partial charge in [-0.05, 0) is 6.07 Å². The molecule has 2 rings (SSSR count). The van der Waals surface area contributed by atoms with Gasteiger partial charge in [-0.2, -0.15) is 5.10 Å². The zero-order valence-electron chi connectivity index (χ0n) is 13.0. The zero-order valence-corrected chi connectivity index (χ0v) is 13.0. The Hall–Kier alpha value is -2.71. The summed E-state index contributed by atoms with van der Waals surface area (Å²) in [5.74, 6) is -1.28. The molecule has 9 nitrogen and oxygen atoms in total. The molecule has 9 heteroatoms. The maximum Gasteiger partial charge on any atom is 0.274 e. The van der Waals surface area contributed by atoms with E-state index < -0.39 is 11.5 Å². The van der Waals surface area contributed by atoms with Crippen molar-refractivity contribution < 1.29 is 14.4 Å². The molecular weight excluding hydrogens is 302 g/mol. The molecule has 0 bridgehead atoms. The fourth-order valence-electron chi connectivity index (χ4n) is 2.48. The molecule has 0 aliphatic carbocycles. The van der Waals surface area contributed by atoms with Crippen molar-refractivity contribution >= 4 is 17.7 Å². The Morgan fingerprint density at radius 3 is 2.43 bits per heavy atom. The van der Waals surface area contributed by atoms with Gasteiger partial charge in [-0.3, -0.25) is 19.2 Å².